The molecule has 128 valence electrons. The first-order chi connectivity index (χ1) is 12.1. The number of anilines is 2. The van der Waals surface area contributed by atoms with Gasteiger partial charge in [-0.3, -0.25) is 4.79 Å². The van der Waals surface area contributed by atoms with Crippen LogP contribution in [0.25, 0.3) is 10.2 Å². The number of benzene rings is 2. The molecule has 3 N–H and O–H groups in total. The van der Waals surface area contributed by atoms with E-state index in [0.29, 0.717) is 23.8 Å². The molecular weight excluding hydrogens is 336 g/mol. The molecule has 0 aliphatic carbocycles. The summed E-state index contributed by atoms with van der Waals surface area (Å²) in [5.41, 5.74) is 2.49. The Morgan fingerprint density at radius 3 is 2.64 bits per heavy atom. The molecule has 3 rings (SSSR count). The molecule has 0 radical (unpaired) electrons. The Balaban J connectivity index is 1.63. The fourth-order valence-corrected chi connectivity index (χ4v) is 3.14. The Morgan fingerprint density at radius 1 is 1.08 bits per heavy atom. The first-order valence-corrected chi connectivity index (χ1v) is 8.75. The van der Waals surface area contributed by atoms with Gasteiger partial charge in [-0.2, -0.15) is 0 Å². The van der Waals surface area contributed by atoms with E-state index in [4.69, 9.17) is 0 Å². The molecule has 1 aromatic heterocycles. The van der Waals surface area contributed by atoms with Crippen molar-refractivity contribution in [3.05, 3.63) is 54.1 Å². The molecule has 0 aliphatic rings. The minimum absolute atomic E-state index is 0.0716. The van der Waals surface area contributed by atoms with Crippen LogP contribution in [0.2, 0.25) is 0 Å². The lowest BCUT2D eigenvalue weighted by atomic mass is 10.2. The Morgan fingerprint density at radius 2 is 1.88 bits per heavy atom. The summed E-state index contributed by atoms with van der Waals surface area (Å²) in [6.07, 6.45) is 0.407. The Hall–Kier alpha value is -2.93. The second-order valence-electron chi connectivity index (χ2n) is 5.40. The summed E-state index contributed by atoms with van der Waals surface area (Å²) in [6.45, 7) is 2.25. The largest absolute Gasteiger partial charge is 0.334 e. The van der Waals surface area contributed by atoms with Crippen molar-refractivity contribution in [2.45, 2.75) is 19.9 Å². The highest BCUT2D eigenvalue weighted by Gasteiger charge is 2.08. The van der Waals surface area contributed by atoms with Gasteiger partial charge in [-0.15, -0.1) is 0 Å². The molecule has 0 spiro atoms. The Kier molecular flexibility index (Phi) is 5.25. The fraction of sp³-hybridized carbons (Fsp3) is 0.167. The number of carbonyl (C=O) groups is 2. The summed E-state index contributed by atoms with van der Waals surface area (Å²) >= 11 is 1.38. The van der Waals surface area contributed by atoms with E-state index in [1.165, 1.54) is 11.3 Å². The van der Waals surface area contributed by atoms with Gasteiger partial charge in [-0.25, -0.2) is 9.78 Å². The minimum atomic E-state index is -0.271. The van der Waals surface area contributed by atoms with Crippen molar-refractivity contribution < 1.29 is 9.59 Å². The van der Waals surface area contributed by atoms with Gasteiger partial charge in [0.2, 0.25) is 5.91 Å². The lowest BCUT2D eigenvalue weighted by molar-refractivity contribution is -0.115. The molecule has 3 aromatic rings. The number of aromatic nitrogens is 1. The van der Waals surface area contributed by atoms with E-state index in [-0.39, 0.29) is 11.9 Å². The minimum Gasteiger partial charge on any atom is -0.334 e. The highest BCUT2D eigenvalue weighted by Crippen LogP contribution is 2.28. The molecular formula is C18H18N4O2S. The van der Waals surface area contributed by atoms with Crippen molar-refractivity contribution in [2.75, 3.05) is 10.6 Å². The average Bonchev–Trinajstić information content (AvgIpc) is 3.02. The van der Waals surface area contributed by atoms with E-state index < -0.39 is 0 Å². The molecule has 25 heavy (non-hydrogen) atoms. The third-order valence-electron chi connectivity index (χ3n) is 3.51. The number of fused-ring (bicyclic) bond motifs is 1. The quantitative estimate of drug-likeness (QED) is 0.648. The first kappa shape index (κ1) is 16.9. The van der Waals surface area contributed by atoms with Crippen LogP contribution in [0.5, 0.6) is 0 Å². The van der Waals surface area contributed by atoms with E-state index in [1.54, 1.807) is 13.0 Å². The van der Waals surface area contributed by atoms with Crippen molar-refractivity contribution in [3.63, 3.8) is 0 Å². The molecule has 0 atom stereocenters. The Bertz CT molecular complexity index is 892. The van der Waals surface area contributed by atoms with Crippen LogP contribution in [0.3, 0.4) is 0 Å². The molecule has 0 aliphatic heterocycles. The number of nitrogens with one attached hydrogen (secondary N) is 3. The smallest absolute Gasteiger partial charge is 0.319 e. The van der Waals surface area contributed by atoms with Gasteiger partial charge in [0.15, 0.2) is 5.13 Å². The van der Waals surface area contributed by atoms with Gasteiger partial charge in [-0.05, 0) is 23.8 Å². The molecule has 0 saturated heterocycles. The number of carbonyl (C=O) groups excluding carboxylic acids is 2. The normalized spacial score (nSPS) is 10.4. The molecule has 0 saturated carbocycles. The summed E-state index contributed by atoms with van der Waals surface area (Å²) in [5.74, 6) is -0.0716. The number of thiazole rings is 1. The van der Waals surface area contributed by atoms with Crippen LogP contribution in [0.1, 0.15) is 18.9 Å². The predicted molar refractivity (Wildman–Crippen MR) is 101 cm³/mol. The molecule has 1 heterocycles. The van der Waals surface area contributed by atoms with Gasteiger partial charge < -0.3 is 16.0 Å². The maximum absolute atomic E-state index is 12.0. The van der Waals surface area contributed by atoms with Crippen molar-refractivity contribution in [1.29, 1.82) is 0 Å². The number of hydrogen-bond donors (Lipinski definition) is 3. The lowest BCUT2D eigenvalue weighted by Gasteiger charge is -2.07. The topological polar surface area (TPSA) is 83.1 Å². The second kappa shape index (κ2) is 7.76. The molecule has 6 nitrogen and oxygen atoms in total. The maximum Gasteiger partial charge on any atom is 0.319 e. The van der Waals surface area contributed by atoms with Crippen LogP contribution in [-0.2, 0) is 11.3 Å². The molecule has 0 fully saturated rings. The number of hydrogen-bond acceptors (Lipinski definition) is 4. The molecule has 7 heteroatoms. The zero-order valence-corrected chi connectivity index (χ0v) is 14.5. The standard InChI is InChI=1S/C18H18N4O2S/c1-2-16(23)22-18-21-14-9-8-13(10-15(14)25-18)20-17(24)19-11-12-6-4-3-5-7-12/h3-10H,2,11H2,1H3,(H2,19,20,24)(H,21,22,23). The molecule has 0 unspecified atom stereocenters. The first-order valence-electron chi connectivity index (χ1n) is 7.93. The third kappa shape index (κ3) is 4.54. The van der Waals surface area contributed by atoms with E-state index in [2.05, 4.69) is 20.9 Å². The van der Waals surface area contributed by atoms with Crippen LogP contribution < -0.4 is 16.0 Å². The number of nitrogens with zero attached hydrogens (tertiary/aromatic N) is 1. The van der Waals surface area contributed by atoms with Crippen LogP contribution in [0.4, 0.5) is 15.6 Å². The van der Waals surface area contributed by atoms with E-state index in [9.17, 15) is 9.59 Å². The van der Waals surface area contributed by atoms with Gasteiger partial charge in [0.05, 0.1) is 10.2 Å². The fourth-order valence-electron chi connectivity index (χ4n) is 2.22. The molecule has 0 bridgehead atoms. The van der Waals surface area contributed by atoms with Crippen LogP contribution in [0, 0.1) is 0 Å². The van der Waals surface area contributed by atoms with Crippen molar-refractivity contribution in [2.24, 2.45) is 0 Å². The Labute approximate surface area is 149 Å². The summed E-state index contributed by atoms with van der Waals surface area (Å²) in [6, 6.07) is 14.9. The number of urea groups is 1. The van der Waals surface area contributed by atoms with Crippen molar-refractivity contribution >= 4 is 44.3 Å². The van der Waals surface area contributed by atoms with Crippen LogP contribution >= 0.6 is 11.3 Å². The second-order valence-corrected chi connectivity index (χ2v) is 6.43. The summed E-state index contributed by atoms with van der Waals surface area (Å²) < 4.78 is 0.896. The highest BCUT2D eigenvalue weighted by atomic mass is 32.1. The van der Waals surface area contributed by atoms with Gasteiger partial charge in [0.25, 0.3) is 0 Å². The highest BCUT2D eigenvalue weighted by molar-refractivity contribution is 7.22. The lowest BCUT2D eigenvalue weighted by Crippen LogP contribution is -2.28. The number of rotatable bonds is 5. The summed E-state index contributed by atoms with van der Waals surface area (Å²) in [4.78, 5) is 27.8. The maximum atomic E-state index is 12.0. The van der Waals surface area contributed by atoms with E-state index >= 15 is 0 Å². The predicted octanol–water partition coefficient (Wildman–Crippen LogP) is 3.97. The zero-order valence-electron chi connectivity index (χ0n) is 13.7. The van der Waals surface area contributed by atoms with Crippen LogP contribution in [-0.4, -0.2) is 16.9 Å². The van der Waals surface area contributed by atoms with E-state index in [1.807, 2.05) is 42.5 Å². The molecule has 3 amide bonds. The van der Waals surface area contributed by atoms with Gasteiger partial charge in [-0.1, -0.05) is 48.6 Å². The van der Waals surface area contributed by atoms with Gasteiger partial charge in [0.1, 0.15) is 0 Å². The molecule has 2 aromatic carbocycles. The summed E-state index contributed by atoms with van der Waals surface area (Å²) in [5, 5.41) is 8.93. The average molecular weight is 354 g/mol. The SMILES string of the molecule is CCC(=O)Nc1nc2ccc(NC(=O)NCc3ccccc3)cc2s1. The van der Waals surface area contributed by atoms with Crippen molar-refractivity contribution in [3.8, 4) is 0 Å². The van der Waals surface area contributed by atoms with Crippen LogP contribution in [0.15, 0.2) is 48.5 Å². The van der Waals surface area contributed by atoms with Gasteiger partial charge in [0, 0.05) is 18.7 Å². The number of amides is 3. The van der Waals surface area contributed by atoms with Gasteiger partial charge >= 0.3 is 6.03 Å². The van der Waals surface area contributed by atoms with Crippen molar-refractivity contribution in [1.82, 2.24) is 10.3 Å². The summed E-state index contributed by atoms with van der Waals surface area (Å²) in [7, 11) is 0. The third-order valence-corrected chi connectivity index (χ3v) is 4.44. The monoisotopic (exact) mass is 354 g/mol. The zero-order chi connectivity index (χ0) is 17.6. The van der Waals surface area contributed by atoms with E-state index in [0.717, 1.165) is 15.8 Å².